The number of aryl methyl sites for hydroxylation is 1. The number of likely N-dealkylation sites (tertiary alicyclic amines) is 1. The van der Waals surface area contributed by atoms with Crippen LogP contribution in [0.3, 0.4) is 0 Å². The Morgan fingerprint density at radius 2 is 2.05 bits per heavy atom. The molecule has 0 radical (unpaired) electrons. The summed E-state index contributed by atoms with van der Waals surface area (Å²) in [7, 11) is 0. The van der Waals surface area contributed by atoms with E-state index >= 15 is 0 Å². The fraction of sp³-hybridized carbons (Fsp3) is 0.533. The summed E-state index contributed by atoms with van der Waals surface area (Å²) in [6.07, 6.45) is 1.16. The first-order chi connectivity index (χ1) is 9.47. The molecule has 1 fully saturated rings. The molecule has 1 heterocycles. The highest BCUT2D eigenvalue weighted by Crippen LogP contribution is 2.26. The summed E-state index contributed by atoms with van der Waals surface area (Å²) in [4.78, 5) is 14.1. The molecule has 1 atom stereocenters. The first-order valence-electron chi connectivity index (χ1n) is 6.94. The summed E-state index contributed by atoms with van der Waals surface area (Å²) in [5.74, 6) is 0.552. The number of piperidine rings is 1. The molecule has 1 saturated heterocycles. The molecule has 1 amide bonds. The largest absolute Gasteiger partial charge is 0.479 e. The maximum atomic E-state index is 12.3. The number of nitrogens with zero attached hydrogens (tertiary/aromatic N) is 1. The Balaban J connectivity index is 0.00000220. The SMILES string of the molecule is Cc1ccc(Cl)c(OC(C)C(=O)N2CCC(N)CC2)c1.Cl. The Hall–Kier alpha value is -0.970. The van der Waals surface area contributed by atoms with Crippen molar-refractivity contribution in [3.05, 3.63) is 28.8 Å². The van der Waals surface area contributed by atoms with E-state index in [2.05, 4.69) is 0 Å². The summed E-state index contributed by atoms with van der Waals surface area (Å²) >= 11 is 6.08. The number of hydrogen-bond acceptors (Lipinski definition) is 3. The Kier molecular flexibility index (Phi) is 6.78. The zero-order valence-corrected chi connectivity index (χ0v) is 13.9. The van der Waals surface area contributed by atoms with Crippen molar-refractivity contribution in [2.45, 2.75) is 38.8 Å². The lowest BCUT2D eigenvalue weighted by Crippen LogP contribution is -2.47. The molecule has 0 saturated carbocycles. The molecule has 0 aliphatic carbocycles. The van der Waals surface area contributed by atoms with Crippen LogP contribution >= 0.6 is 24.0 Å². The van der Waals surface area contributed by atoms with Crippen LogP contribution in [-0.4, -0.2) is 36.0 Å². The molecule has 6 heteroatoms. The topological polar surface area (TPSA) is 55.6 Å². The van der Waals surface area contributed by atoms with Gasteiger partial charge in [-0.25, -0.2) is 0 Å². The van der Waals surface area contributed by atoms with Crippen molar-refractivity contribution < 1.29 is 9.53 Å². The Bertz CT molecular complexity index is 489. The molecule has 0 aromatic heterocycles. The van der Waals surface area contributed by atoms with Crippen molar-refractivity contribution in [1.82, 2.24) is 4.90 Å². The van der Waals surface area contributed by atoms with Gasteiger partial charge in [-0.1, -0.05) is 17.7 Å². The number of nitrogens with two attached hydrogens (primary N) is 1. The van der Waals surface area contributed by atoms with Gasteiger partial charge in [0.2, 0.25) is 0 Å². The van der Waals surface area contributed by atoms with Crippen molar-refractivity contribution in [3.8, 4) is 5.75 Å². The minimum atomic E-state index is -0.538. The number of rotatable bonds is 3. The monoisotopic (exact) mass is 332 g/mol. The minimum Gasteiger partial charge on any atom is -0.479 e. The second kappa shape index (κ2) is 7.87. The van der Waals surface area contributed by atoms with Gasteiger partial charge in [-0.15, -0.1) is 12.4 Å². The maximum Gasteiger partial charge on any atom is 0.263 e. The van der Waals surface area contributed by atoms with Crippen LogP contribution in [0, 0.1) is 6.92 Å². The van der Waals surface area contributed by atoms with Crippen LogP contribution in [0.25, 0.3) is 0 Å². The molecule has 0 spiro atoms. The van der Waals surface area contributed by atoms with Crippen LogP contribution in [0.5, 0.6) is 5.75 Å². The molecule has 1 aromatic carbocycles. The zero-order valence-electron chi connectivity index (χ0n) is 12.3. The third-order valence-corrected chi connectivity index (χ3v) is 3.90. The van der Waals surface area contributed by atoms with Gasteiger partial charge in [-0.2, -0.15) is 0 Å². The van der Waals surface area contributed by atoms with E-state index in [0.29, 0.717) is 23.9 Å². The third kappa shape index (κ3) is 4.77. The Labute approximate surface area is 137 Å². The van der Waals surface area contributed by atoms with Gasteiger partial charge < -0.3 is 15.4 Å². The van der Waals surface area contributed by atoms with E-state index in [9.17, 15) is 4.79 Å². The second-order valence-electron chi connectivity index (χ2n) is 5.36. The van der Waals surface area contributed by atoms with E-state index < -0.39 is 6.10 Å². The highest BCUT2D eigenvalue weighted by atomic mass is 35.5. The average Bonchev–Trinajstić information content (AvgIpc) is 2.43. The van der Waals surface area contributed by atoms with Gasteiger partial charge in [0.25, 0.3) is 5.91 Å². The molecule has 1 unspecified atom stereocenters. The number of hydrogen-bond donors (Lipinski definition) is 1. The number of benzene rings is 1. The molecule has 0 bridgehead atoms. The predicted octanol–water partition coefficient (Wildman–Crippen LogP) is 2.79. The predicted molar refractivity (Wildman–Crippen MR) is 87.3 cm³/mol. The summed E-state index contributed by atoms with van der Waals surface area (Å²) in [6.45, 7) is 5.13. The van der Waals surface area contributed by atoms with Crippen LogP contribution in [0.2, 0.25) is 5.02 Å². The quantitative estimate of drug-likeness (QED) is 0.925. The van der Waals surface area contributed by atoms with Crippen LogP contribution in [0.1, 0.15) is 25.3 Å². The van der Waals surface area contributed by atoms with Gasteiger partial charge in [-0.05, 0) is 44.4 Å². The highest BCUT2D eigenvalue weighted by Gasteiger charge is 2.26. The van der Waals surface area contributed by atoms with E-state index in [-0.39, 0.29) is 24.4 Å². The number of amides is 1. The Morgan fingerprint density at radius 1 is 1.43 bits per heavy atom. The van der Waals surface area contributed by atoms with Gasteiger partial charge in [0.05, 0.1) is 5.02 Å². The van der Waals surface area contributed by atoms with Gasteiger partial charge in [0, 0.05) is 19.1 Å². The molecule has 1 aliphatic rings. The van der Waals surface area contributed by atoms with Crippen LogP contribution < -0.4 is 10.5 Å². The summed E-state index contributed by atoms with van der Waals surface area (Å²) in [5.41, 5.74) is 6.90. The molecule has 2 rings (SSSR count). The fourth-order valence-electron chi connectivity index (χ4n) is 2.32. The number of carbonyl (C=O) groups excluding carboxylic acids is 1. The van der Waals surface area contributed by atoms with Crippen molar-refractivity contribution in [3.63, 3.8) is 0 Å². The van der Waals surface area contributed by atoms with Crippen molar-refractivity contribution >= 4 is 29.9 Å². The molecular formula is C15H22Cl2N2O2. The first kappa shape index (κ1) is 18.1. The smallest absolute Gasteiger partial charge is 0.263 e. The highest BCUT2D eigenvalue weighted by molar-refractivity contribution is 6.32. The molecule has 118 valence electrons. The average molecular weight is 333 g/mol. The molecule has 21 heavy (non-hydrogen) atoms. The number of ether oxygens (including phenoxy) is 1. The Morgan fingerprint density at radius 3 is 2.67 bits per heavy atom. The lowest BCUT2D eigenvalue weighted by molar-refractivity contribution is -0.139. The van der Waals surface area contributed by atoms with E-state index in [1.807, 2.05) is 24.0 Å². The summed E-state index contributed by atoms with van der Waals surface area (Å²) in [5, 5.41) is 0.524. The zero-order chi connectivity index (χ0) is 14.7. The van der Waals surface area contributed by atoms with Gasteiger partial charge in [0.15, 0.2) is 6.10 Å². The lowest BCUT2D eigenvalue weighted by atomic mass is 10.1. The van der Waals surface area contributed by atoms with Gasteiger partial charge >= 0.3 is 0 Å². The van der Waals surface area contributed by atoms with E-state index in [1.54, 1.807) is 13.0 Å². The van der Waals surface area contributed by atoms with Crippen molar-refractivity contribution in [1.29, 1.82) is 0 Å². The molecule has 2 N–H and O–H groups in total. The normalized spacial score (nSPS) is 17.0. The fourth-order valence-corrected chi connectivity index (χ4v) is 2.48. The number of halogens is 2. The van der Waals surface area contributed by atoms with E-state index in [4.69, 9.17) is 22.1 Å². The number of carbonyl (C=O) groups is 1. The molecule has 1 aliphatic heterocycles. The van der Waals surface area contributed by atoms with Crippen molar-refractivity contribution in [2.75, 3.05) is 13.1 Å². The van der Waals surface area contributed by atoms with E-state index in [0.717, 1.165) is 18.4 Å². The summed E-state index contributed by atoms with van der Waals surface area (Å²) in [6, 6.07) is 5.75. The minimum absolute atomic E-state index is 0. The third-order valence-electron chi connectivity index (χ3n) is 3.59. The molecular weight excluding hydrogens is 311 g/mol. The lowest BCUT2D eigenvalue weighted by Gasteiger charge is -2.32. The van der Waals surface area contributed by atoms with E-state index in [1.165, 1.54) is 0 Å². The van der Waals surface area contributed by atoms with Crippen LogP contribution in [0.15, 0.2) is 18.2 Å². The van der Waals surface area contributed by atoms with Crippen LogP contribution in [-0.2, 0) is 4.79 Å². The summed E-state index contributed by atoms with van der Waals surface area (Å²) < 4.78 is 5.71. The van der Waals surface area contributed by atoms with Crippen LogP contribution in [0.4, 0.5) is 0 Å². The first-order valence-corrected chi connectivity index (χ1v) is 7.32. The van der Waals surface area contributed by atoms with Crippen molar-refractivity contribution in [2.24, 2.45) is 5.73 Å². The van der Waals surface area contributed by atoms with Gasteiger partial charge in [0.1, 0.15) is 5.75 Å². The maximum absolute atomic E-state index is 12.3. The molecule has 4 nitrogen and oxygen atoms in total. The van der Waals surface area contributed by atoms with Gasteiger partial charge in [-0.3, -0.25) is 4.79 Å². The molecule has 1 aromatic rings. The standard InChI is InChI=1S/C15H21ClN2O2.ClH/c1-10-3-4-13(16)14(9-10)20-11(2)15(19)18-7-5-12(17)6-8-18;/h3-4,9,11-12H,5-8,17H2,1-2H3;1H. The second-order valence-corrected chi connectivity index (χ2v) is 5.76.